The van der Waals surface area contributed by atoms with Crippen LogP contribution in [0.25, 0.3) is 0 Å². The fourth-order valence-electron chi connectivity index (χ4n) is 5.52. The van der Waals surface area contributed by atoms with Crippen LogP contribution in [0.5, 0.6) is 0 Å². The Bertz CT molecular complexity index is 969. The van der Waals surface area contributed by atoms with Crippen molar-refractivity contribution >= 4 is 17.5 Å². The molecule has 1 fully saturated rings. The third kappa shape index (κ3) is 2.03. The van der Waals surface area contributed by atoms with Crippen LogP contribution in [-0.4, -0.2) is 42.8 Å². The summed E-state index contributed by atoms with van der Waals surface area (Å²) in [6.45, 7) is 12.0. The Morgan fingerprint density at radius 3 is 2.47 bits per heavy atom. The molecule has 2 amide bonds. The lowest BCUT2D eigenvalue weighted by molar-refractivity contribution is -0.153. The molecule has 1 aromatic rings. The van der Waals surface area contributed by atoms with Crippen molar-refractivity contribution in [1.82, 2.24) is 10.2 Å². The largest absolute Gasteiger partial charge is 0.491 e. The number of ether oxygens (including phenoxy) is 1. The highest BCUT2D eigenvalue weighted by molar-refractivity contribution is 6.02. The van der Waals surface area contributed by atoms with Crippen LogP contribution in [0, 0.1) is 11.3 Å². The molecular weight excluding hydrogens is 382 g/mol. The average molecular weight is 412 g/mol. The SMILES string of the molecule is C=CC(C)(C)[C@]12C=C(OC)C(=O)N3[C@@H](C(C)C)C(=O)N[C@@]31N(OC)c1ccccc12. The fourth-order valence-corrected chi connectivity index (χ4v) is 5.52. The average Bonchev–Trinajstić information content (AvgIpc) is 3.16. The third-order valence-electron chi connectivity index (χ3n) is 6.92. The first-order valence-corrected chi connectivity index (χ1v) is 10.1. The summed E-state index contributed by atoms with van der Waals surface area (Å²) in [5, 5.41) is 4.85. The molecule has 1 saturated heterocycles. The molecule has 0 aromatic heterocycles. The Morgan fingerprint density at radius 1 is 1.23 bits per heavy atom. The molecule has 30 heavy (non-hydrogen) atoms. The quantitative estimate of drug-likeness (QED) is 0.755. The number of rotatable bonds is 5. The summed E-state index contributed by atoms with van der Waals surface area (Å²) in [7, 11) is 3.03. The van der Waals surface area contributed by atoms with E-state index in [4.69, 9.17) is 9.57 Å². The van der Waals surface area contributed by atoms with Gasteiger partial charge in [0.15, 0.2) is 5.76 Å². The zero-order valence-corrected chi connectivity index (χ0v) is 18.4. The van der Waals surface area contributed by atoms with Crippen LogP contribution in [0.4, 0.5) is 5.69 Å². The molecule has 7 nitrogen and oxygen atoms in total. The van der Waals surface area contributed by atoms with Gasteiger partial charge < -0.3 is 10.1 Å². The van der Waals surface area contributed by atoms with Gasteiger partial charge >= 0.3 is 0 Å². The number of carbonyl (C=O) groups excluding carboxylic acids is 2. The molecule has 3 aliphatic heterocycles. The summed E-state index contributed by atoms with van der Waals surface area (Å²) >= 11 is 0. The van der Waals surface area contributed by atoms with Gasteiger partial charge in [-0.05, 0) is 23.6 Å². The number of allylic oxidation sites excluding steroid dienone is 1. The molecule has 3 heterocycles. The maximum Gasteiger partial charge on any atom is 0.292 e. The van der Waals surface area contributed by atoms with E-state index in [0.717, 1.165) is 11.3 Å². The Kier molecular flexibility index (Phi) is 4.33. The van der Waals surface area contributed by atoms with Crippen LogP contribution in [-0.2, 0) is 24.6 Å². The van der Waals surface area contributed by atoms with E-state index in [1.54, 1.807) is 17.1 Å². The molecule has 0 bridgehead atoms. The number of anilines is 1. The van der Waals surface area contributed by atoms with E-state index in [1.165, 1.54) is 7.11 Å². The molecule has 160 valence electrons. The molecule has 0 saturated carbocycles. The van der Waals surface area contributed by atoms with Crippen molar-refractivity contribution in [3.05, 3.63) is 54.3 Å². The van der Waals surface area contributed by atoms with Gasteiger partial charge in [-0.3, -0.25) is 19.3 Å². The second kappa shape index (κ2) is 6.35. The molecule has 1 spiro atoms. The second-order valence-electron chi connectivity index (χ2n) is 8.97. The van der Waals surface area contributed by atoms with Gasteiger partial charge in [0.25, 0.3) is 5.91 Å². The van der Waals surface area contributed by atoms with Crippen molar-refractivity contribution in [2.45, 2.75) is 44.9 Å². The van der Waals surface area contributed by atoms with E-state index in [0.29, 0.717) is 0 Å². The summed E-state index contributed by atoms with van der Waals surface area (Å²) in [5.74, 6) is -1.77. The number of para-hydroxylation sites is 1. The number of fused-ring (bicyclic) bond motifs is 2. The lowest BCUT2D eigenvalue weighted by atomic mass is 9.57. The minimum absolute atomic E-state index is 0.114. The zero-order valence-electron chi connectivity index (χ0n) is 18.4. The summed E-state index contributed by atoms with van der Waals surface area (Å²) in [6.07, 6.45) is 3.70. The highest BCUT2D eigenvalue weighted by atomic mass is 16.7. The maximum absolute atomic E-state index is 13.6. The van der Waals surface area contributed by atoms with E-state index in [-0.39, 0.29) is 23.5 Å². The van der Waals surface area contributed by atoms with Crippen LogP contribution >= 0.6 is 0 Å². The summed E-state index contributed by atoms with van der Waals surface area (Å²) < 4.78 is 5.57. The number of carbonyl (C=O) groups is 2. The zero-order chi connectivity index (χ0) is 22.1. The number of amides is 2. The van der Waals surface area contributed by atoms with Gasteiger partial charge in [0.1, 0.15) is 6.04 Å². The van der Waals surface area contributed by atoms with E-state index in [9.17, 15) is 9.59 Å². The molecule has 3 atom stereocenters. The molecule has 1 N–H and O–H groups in total. The first-order chi connectivity index (χ1) is 14.1. The van der Waals surface area contributed by atoms with E-state index < -0.39 is 22.7 Å². The first kappa shape index (κ1) is 20.5. The van der Waals surface area contributed by atoms with Gasteiger partial charge in [0.2, 0.25) is 11.7 Å². The Hall–Kier alpha value is -2.80. The lowest BCUT2D eigenvalue weighted by Gasteiger charge is -2.57. The van der Waals surface area contributed by atoms with Crippen LogP contribution in [0.2, 0.25) is 0 Å². The molecule has 7 heteroatoms. The number of hydroxylamine groups is 1. The molecule has 0 aliphatic carbocycles. The number of nitrogens with zero attached hydrogens (tertiary/aromatic N) is 2. The van der Waals surface area contributed by atoms with Crippen LogP contribution in [0.3, 0.4) is 0 Å². The lowest BCUT2D eigenvalue weighted by Crippen LogP contribution is -2.77. The van der Waals surface area contributed by atoms with Gasteiger partial charge in [-0.2, -0.15) is 0 Å². The van der Waals surface area contributed by atoms with Gasteiger partial charge in [0.05, 0.1) is 25.3 Å². The highest BCUT2D eigenvalue weighted by Crippen LogP contribution is 2.64. The van der Waals surface area contributed by atoms with Gasteiger partial charge in [0, 0.05) is 5.41 Å². The predicted octanol–water partition coefficient (Wildman–Crippen LogP) is 2.70. The van der Waals surface area contributed by atoms with E-state index >= 15 is 0 Å². The summed E-state index contributed by atoms with van der Waals surface area (Å²) in [6, 6.07) is 7.13. The normalized spacial score (nSPS) is 30.0. The van der Waals surface area contributed by atoms with Crippen LogP contribution in [0.1, 0.15) is 33.3 Å². The molecule has 3 aliphatic rings. The van der Waals surface area contributed by atoms with Crippen molar-refractivity contribution < 1.29 is 19.2 Å². The smallest absolute Gasteiger partial charge is 0.292 e. The number of benzene rings is 1. The third-order valence-corrected chi connectivity index (χ3v) is 6.92. The van der Waals surface area contributed by atoms with Gasteiger partial charge in [-0.25, -0.2) is 5.06 Å². The first-order valence-electron chi connectivity index (χ1n) is 10.1. The Morgan fingerprint density at radius 2 is 1.90 bits per heavy atom. The van der Waals surface area contributed by atoms with Crippen molar-refractivity contribution in [3.8, 4) is 0 Å². The number of hydrogen-bond donors (Lipinski definition) is 1. The summed E-state index contributed by atoms with van der Waals surface area (Å²) in [5.41, 5.74) is 0.199. The second-order valence-corrected chi connectivity index (χ2v) is 8.97. The molecule has 0 unspecified atom stereocenters. The van der Waals surface area contributed by atoms with Gasteiger partial charge in [-0.1, -0.05) is 52.0 Å². The minimum atomic E-state index is -1.30. The minimum Gasteiger partial charge on any atom is -0.491 e. The predicted molar refractivity (Wildman–Crippen MR) is 113 cm³/mol. The van der Waals surface area contributed by atoms with Crippen LogP contribution < -0.4 is 10.4 Å². The van der Waals surface area contributed by atoms with E-state index in [2.05, 4.69) is 11.9 Å². The highest BCUT2D eigenvalue weighted by Gasteiger charge is 2.77. The monoisotopic (exact) mass is 411 g/mol. The van der Waals surface area contributed by atoms with Crippen molar-refractivity contribution in [3.63, 3.8) is 0 Å². The van der Waals surface area contributed by atoms with Gasteiger partial charge in [-0.15, -0.1) is 6.58 Å². The summed E-state index contributed by atoms with van der Waals surface area (Å²) in [4.78, 5) is 34.5. The molecule has 0 radical (unpaired) electrons. The topological polar surface area (TPSA) is 71.1 Å². The number of nitrogens with one attached hydrogen (secondary N) is 1. The van der Waals surface area contributed by atoms with Crippen molar-refractivity contribution in [1.29, 1.82) is 0 Å². The van der Waals surface area contributed by atoms with Crippen molar-refractivity contribution in [2.75, 3.05) is 19.3 Å². The van der Waals surface area contributed by atoms with Crippen LogP contribution in [0.15, 0.2) is 48.8 Å². The molecule has 1 aromatic carbocycles. The molecular formula is C23H29N3O4. The standard InChI is InChI=1S/C23H29N3O4/c1-8-21(4,5)22-13-17(29-6)20(28)25-18(14(2)3)19(27)24-23(22,25)26(30-7)16-12-10-9-11-15(16)22/h8-14,18H,1H2,2-7H3,(H,24,27)/t18-,22+,23+/m0/s1. The van der Waals surface area contributed by atoms with Crippen molar-refractivity contribution in [2.24, 2.45) is 11.3 Å². The number of hydrogen-bond acceptors (Lipinski definition) is 5. The Labute approximate surface area is 177 Å². The number of methoxy groups -OCH3 is 1. The molecule has 4 rings (SSSR count). The maximum atomic E-state index is 13.6. The fraction of sp³-hybridized carbons (Fsp3) is 0.478. The Balaban J connectivity index is 2.20. The van der Waals surface area contributed by atoms with E-state index in [1.807, 2.05) is 64.1 Å².